The van der Waals surface area contributed by atoms with E-state index in [9.17, 15) is 4.79 Å². The Morgan fingerprint density at radius 1 is 1.62 bits per heavy atom. The van der Waals surface area contributed by atoms with Crippen LogP contribution in [0.3, 0.4) is 0 Å². The van der Waals surface area contributed by atoms with Gasteiger partial charge < -0.3 is 20.9 Å². The highest BCUT2D eigenvalue weighted by molar-refractivity contribution is 5.80. The summed E-state index contributed by atoms with van der Waals surface area (Å²) < 4.78 is 5.06. The van der Waals surface area contributed by atoms with Crippen molar-refractivity contribution >= 4 is 17.3 Å². The average Bonchev–Trinajstić information content (AvgIpc) is 2.46. The third-order valence-corrected chi connectivity index (χ3v) is 1.76. The molecule has 1 heterocycles. The van der Waals surface area contributed by atoms with Gasteiger partial charge in [0.25, 0.3) is 6.23 Å². The van der Waals surface area contributed by atoms with Gasteiger partial charge in [-0.2, -0.15) is 0 Å². The number of aliphatic carboxylic acids is 1. The lowest BCUT2D eigenvalue weighted by molar-refractivity contribution is -0.143. The van der Waals surface area contributed by atoms with Crippen molar-refractivity contribution < 1.29 is 14.6 Å². The van der Waals surface area contributed by atoms with Crippen molar-refractivity contribution in [3.63, 3.8) is 0 Å². The first-order chi connectivity index (χ1) is 6.16. The number of carboxylic acids is 1. The molecule has 5 nitrogen and oxygen atoms in total. The second-order valence-corrected chi connectivity index (χ2v) is 2.74. The SMILES string of the molecule is Nc1ccc2c(c1)OC(C(=O)O)N2. The van der Waals surface area contributed by atoms with E-state index in [1.54, 1.807) is 18.2 Å². The summed E-state index contributed by atoms with van der Waals surface area (Å²) in [6.45, 7) is 0. The molecule has 1 aromatic rings. The molecule has 1 aromatic carbocycles. The van der Waals surface area contributed by atoms with Crippen LogP contribution in [0.2, 0.25) is 0 Å². The minimum Gasteiger partial charge on any atom is -0.477 e. The Labute approximate surface area is 74.1 Å². The van der Waals surface area contributed by atoms with Gasteiger partial charge in [-0.05, 0) is 12.1 Å². The predicted molar refractivity (Wildman–Crippen MR) is 46.5 cm³/mol. The van der Waals surface area contributed by atoms with Crippen molar-refractivity contribution in [1.29, 1.82) is 0 Å². The van der Waals surface area contributed by atoms with Crippen LogP contribution in [0.4, 0.5) is 11.4 Å². The van der Waals surface area contributed by atoms with Gasteiger partial charge in [0.15, 0.2) is 0 Å². The van der Waals surface area contributed by atoms with E-state index in [2.05, 4.69) is 5.32 Å². The first kappa shape index (κ1) is 7.72. The lowest BCUT2D eigenvalue weighted by Gasteiger charge is -2.03. The molecular formula is C8H8N2O3. The van der Waals surface area contributed by atoms with Crippen LogP contribution in [0.5, 0.6) is 5.75 Å². The van der Waals surface area contributed by atoms with E-state index in [4.69, 9.17) is 15.6 Å². The summed E-state index contributed by atoms with van der Waals surface area (Å²) >= 11 is 0. The molecule has 0 saturated heterocycles. The van der Waals surface area contributed by atoms with Crippen LogP contribution in [0, 0.1) is 0 Å². The fourth-order valence-corrected chi connectivity index (χ4v) is 1.17. The summed E-state index contributed by atoms with van der Waals surface area (Å²) in [5.41, 5.74) is 6.70. The van der Waals surface area contributed by atoms with E-state index in [1.165, 1.54) is 0 Å². The van der Waals surface area contributed by atoms with Crippen molar-refractivity contribution in [2.75, 3.05) is 11.1 Å². The Morgan fingerprint density at radius 2 is 2.38 bits per heavy atom. The van der Waals surface area contributed by atoms with Gasteiger partial charge in [0.2, 0.25) is 0 Å². The van der Waals surface area contributed by atoms with Crippen molar-refractivity contribution in [3.8, 4) is 5.75 Å². The number of nitrogens with two attached hydrogens (primary N) is 1. The van der Waals surface area contributed by atoms with E-state index in [0.717, 1.165) is 0 Å². The number of carbonyl (C=O) groups is 1. The number of benzene rings is 1. The largest absolute Gasteiger partial charge is 0.477 e. The van der Waals surface area contributed by atoms with E-state index >= 15 is 0 Å². The fraction of sp³-hybridized carbons (Fsp3) is 0.125. The highest BCUT2D eigenvalue weighted by atomic mass is 16.5. The summed E-state index contributed by atoms with van der Waals surface area (Å²) in [6, 6.07) is 4.96. The summed E-state index contributed by atoms with van der Waals surface area (Å²) in [7, 11) is 0. The van der Waals surface area contributed by atoms with Crippen LogP contribution >= 0.6 is 0 Å². The van der Waals surface area contributed by atoms with Crippen molar-refractivity contribution in [3.05, 3.63) is 18.2 Å². The normalized spacial score (nSPS) is 18.6. The molecule has 0 saturated carbocycles. The third-order valence-electron chi connectivity index (χ3n) is 1.76. The summed E-state index contributed by atoms with van der Waals surface area (Å²) in [6.07, 6.45) is -1.00. The number of nitrogen functional groups attached to an aromatic ring is 1. The van der Waals surface area contributed by atoms with Crippen LogP contribution < -0.4 is 15.8 Å². The van der Waals surface area contributed by atoms with Crippen molar-refractivity contribution in [2.45, 2.75) is 6.23 Å². The molecule has 13 heavy (non-hydrogen) atoms. The maximum atomic E-state index is 10.5. The molecule has 0 aromatic heterocycles. The predicted octanol–water partition coefficient (Wildman–Crippen LogP) is 0.484. The molecular weight excluding hydrogens is 172 g/mol. The summed E-state index contributed by atoms with van der Waals surface area (Å²) in [5.74, 6) is -0.567. The number of fused-ring (bicyclic) bond motifs is 1. The van der Waals surface area contributed by atoms with Gasteiger partial charge in [0, 0.05) is 11.8 Å². The number of carboxylic acid groups (broad SMARTS) is 1. The number of hydrogen-bond donors (Lipinski definition) is 3. The van der Waals surface area contributed by atoms with Gasteiger partial charge in [-0.3, -0.25) is 0 Å². The molecule has 0 aliphatic carbocycles. The Balaban J connectivity index is 2.30. The average molecular weight is 180 g/mol. The Bertz CT molecular complexity index is 364. The van der Waals surface area contributed by atoms with Gasteiger partial charge in [-0.25, -0.2) is 4.79 Å². The van der Waals surface area contributed by atoms with E-state index < -0.39 is 12.2 Å². The molecule has 1 aliphatic heterocycles. The molecule has 1 unspecified atom stereocenters. The highest BCUT2D eigenvalue weighted by Crippen LogP contribution is 2.33. The first-order valence-corrected chi connectivity index (χ1v) is 3.72. The second-order valence-electron chi connectivity index (χ2n) is 2.74. The Morgan fingerprint density at radius 3 is 3.08 bits per heavy atom. The number of hydrogen-bond acceptors (Lipinski definition) is 4. The summed E-state index contributed by atoms with van der Waals surface area (Å²) in [4.78, 5) is 10.5. The van der Waals surface area contributed by atoms with Gasteiger partial charge in [-0.1, -0.05) is 0 Å². The molecule has 0 spiro atoms. The van der Waals surface area contributed by atoms with Crippen LogP contribution in [0.15, 0.2) is 18.2 Å². The lowest BCUT2D eigenvalue weighted by atomic mass is 10.3. The Hall–Kier alpha value is -1.91. The number of ether oxygens (including phenoxy) is 1. The molecule has 0 bridgehead atoms. The molecule has 68 valence electrons. The molecule has 2 rings (SSSR count). The van der Waals surface area contributed by atoms with Gasteiger partial charge >= 0.3 is 5.97 Å². The molecule has 1 atom stereocenters. The van der Waals surface area contributed by atoms with Crippen LogP contribution in [-0.4, -0.2) is 17.3 Å². The molecule has 1 aliphatic rings. The molecule has 5 heteroatoms. The lowest BCUT2D eigenvalue weighted by Crippen LogP contribution is -2.29. The van der Waals surface area contributed by atoms with E-state index in [0.29, 0.717) is 17.1 Å². The zero-order chi connectivity index (χ0) is 9.42. The number of rotatable bonds is 1. The maximum absolute atomic E-state index is 10.5. The van der Waals surface area contributed by atoms with Crippen molar-refractivity contribution in [2.24, 2.45) is 0 Å². The second kappa shape index (κ2) is 2.55. The van der Waals surface area contributed by atoms with E-state index in [1.807, 2.05) is 0 Å². The standard InChI is InChI=1S/C8H8N2O3/c9-4-1-2-5-6(3-4)13-7(10-5)8(11)12/h1-3,7,10H,9H2,(H,11,12). The minimum atomic E-state index is -1.05. The summed E-state index contributed by atoms with van der Waals surface area (Å²) in [5, 5.41) is 11.3. The van der Waals surface area contributed by atoms with Crippen LogP contribution in [0.25, 0.3) is 0 Å². The van der Waals surface area contributed by atoms with Crippen LogP contribution in [0.1, 0.15) is 0 Å². The molecule has 0 fully saturated rings. The number of nitrogens with one attached hydrogen (secondary N) is 1. The highest BCUT2D eigenvalue weighted by Gasteiger charge is 2.27. The van der Waals surface area contributed by atoms with Gasteiger partial charge in [0.1, 0.15) is 5.75 Å². The van der Waals surface area contributed by atoms with Crippen LogP contribution in [-0.2, 0) is 4.79 Å². The quantitative estimate of drug-likeness (QED) is 0.547. The molecule has 4 N–H and O–H groups in total. The number of anilines is 2. The fourth-order valence-electron chi connectivity index (χ4n) is 1.17. The zero-order valence-corrected chi connectivity index (χ0v) is 6.65. The maximum Gasteiger partial charge on any atom is 0.366 e. The molecule has 0 radical (unpaired) electrons. The minimum absolute atomic E-state index is 0.479. The Kier molecular flexibility index (Phi) is 1.51. The molecule has 0 amide bonds. The smallest absolute Gasteiger partial charge is 0.366 e. The third kappa shape index (κ3) is 1.24. The first-order valence-electron chi connectivity index (χ1n) is 3.72. The van der Waals surface area contributed by atoms with Gasteiger partial charge in [-0.15, -0.1) is 0 Å². The monoisotopic (exact) mass is 180 g/mol. The van der Waals surface area contributed by atoms with Gasteiger partial charge in [0.05, 0.1) is 5.69 Å². The zero-order valence-electron chi connectivity index (χ0n) is 6.65. The van der Waals surface area contributed by atoms with Crippen molar-refractivity contribution in [1.82, 2.24) is 0 Å². The topological polar surface area (TPSA) is 84.6 Å². The van der Waals surface area contributed by atoms with E-state index in [-0.39, 0.29) is 0 Å².